The van der Waals surface area contributed by atoms with Gasteiger partial charge in [-0.1, -0.05) is 6.92 Å². The minimum atomic E-state index is 0.277. The molecule has 104 valence electrons. The second-order valence-electron chi connectivity index (χ2n) is 4.79. The maximum Gasteiger partial charge on any atom is 0.0596 e. The lowest BCUT2D eigenvalue weighted by Crippen LogP contribution is -2.26. The average molecular weight is 261 g/mol. The highest BCUT2D eigenvalue weighted by atomic mass is 15.3. The normalized spacial score (nSPS) is 12.8. The van der Waals surface area contributed by atoms with Crippen LogP contribution >= 0.6 is 0 Å². The lowest BCUT2D eigenvalue weighted by molar-refractivity contribution is 0.486. The smallest absolute Gasteiger partial charge is 0.0596 e. The summed E-state index contributed by atoms with van der Waals surface area (Å²) < 4.78 is 4.02. The average Bonchev–Trinajstić information content (AvgIpc) is 2.94. The Labute approximate surface area is 114 Å². The van der Waals surface area contributed by atoms with E-state index in [4.69, 9.17) is 0 Å². The molecule has 0 amide bonds. The number of rotatable bonds is 6. The number of nitrogens with one attached hydrogen (secondary N) is 1. The molecule has 0 bridgehead atoms. The third-order valence-electron chi connectivity index (χ3n) is 3.36. The molecule has 19 heavy (non-hydrogen) atoms. The molecule has 0 radical (unpaired) electrons. The molecular weight excluding hydrogens is 238 g/mol. The van der Waals surface area contributed by atoms with Crippen molar-refractivity contribution in [2.45, 2.75) is 39.8 Å². The zero-order valence-electron chi connectivity index (χ0n) is 12.2. The van der Waals surface area contributed by atoms with E-state index < -0.39 is 0 Å². The van der Waals surface area contributed by atoms with Gasteiger partial charge in [0.05, 0.1) is 17.4 Å². The van der Waals surface area contributed by atoms with E-state index in [2.05, 4.69) is 46.2 Å². The monoisotopic (exact) mass is 261 g/mol. The van der Waals surface area contributed by atoms with Crippen molar-refractivity contribution in [1.82, 2.24) is 24.9 Å². The molecule has 0 aliphatic carbocycles. The zero-order valence-corrected chi connectivity index (χ0v) is 12.2. The van der Waals surface area contributed by atoms with Crippen LogP contribution in [-0.4, -0.2) is 26.1 Å². The van der Waals surface area contributed by atoms with E-state index >= 15 is 0 Å². The van der Waals surface area contributed by atoms with Gasteiger partial charge in [0.15, 0.2) is 0 Å². The summed E-state index contributed by atoms with van der Waals surface area (Å²) in [6.07, 6.45) is 2.78. The molecule has 0 spiro atoms. The van der Waals surface area contributed by atoms with Gasteiger partial charge < -0.3 is 5.32 Å². The Balaban J connectivity index is 2.23. The Kier molecular flexibility index (Phi) is 4.37. The molecule has 2 heterocycles. The largest absolute Gasteiger partial charge is 0.309 e. The Bertz CT molecular complexity index is 526. The Morgan fingerprint density at radius 3 is 2.74 bits per heavy atom. The summed E-state index contributed by atoms with van der Waals surface area (Å²) in [5.41, 5.74) is 3.56. The fraction of sp³-hybridized carbons (Fsp3) is 0.571. The maximum absolute atomic E-state index is 4.51. The van der Waals surface area contributed by atoms with Gasteiger partial charge in [-0.05, 0) is 32.5 Å². The predicted molar refractivity (Wildman–Crippen MR) is 76.0 cm³/mol. The predicted octanol–water partition coefficient (Wildman–Crippen LogP) is 1.84. The van der Waals surface area contributed by atoms with E-state index in [-0.39, 0.29) is 6.04 Å². The first-order valence-electron chi connectivity index (χ1n) is 6.90. The molecule has 0 saturated heterocycles. The van der Waals surface area contributed by atoms with Crippen molar-refractivity contribution < 1.29 is 0 Å². The summed E-state index contributed by atoms with van der Waals surface area (Å²) in [7, 11) is 1.99. The van der Waals surface area contributed by atoms with Crippen molar-refractivity contribution >= 4 is 0 Å². The van der Waals surface area contributed by atoms with Gasteiger partial charge in [0, 0.05) is 31.9 Å². The third-order valence-corrected chi connectivity index (χ3v) is 3.36. The van der Waals surface area contributed by atoms with Crippen LogP contribution in [-0.2, 0) is 20.0 Å². The van der Waals surface area contributed by atoms with E-state index in [0.29, 0.717) is 0 Å². The summed E-state index contributed by atoms with van der Waals surface area (Å²) in [5, 5.41) is 12.3. The molecule has 2 aromatic rings. The quantitative estimate of drug-likeness (QED) is 0.863. The Morgan fingerprint density at radius 1 is 1.37 bits per heavy atom. The summed E-state index contributed by atoms with van der Waals surface area (Å²) in [5.74, 6) is 0. The fourth-order valence-electron chi connectivity index (χ4n) is 2.50. The number of nitrogens with zero attached hydrogens (tertiary/aromatic N) is 4. The van der Waals surface area contributed by atoms with Gasteiger partial charge in [-0.25, -0.2) is 0 Å². The van der Waals surface area contributed by atoms with Crippen LogP contribution < -0.4 is 5.32 Å². The molecule has 0 aliphatic rings. The van der Waals surface area contributed by atoms with Crippen molar-refractivity contribution in [3.05, 3.63) is 35.4 Å². The zero-order chi connectivity index (χ0) is 13.8. The van der Waals surface area contributed by atoms with Crippen LogP contribution in [0.1, 0.15) is 37.0 Å². The first-order valence-corrected chi connectivity index (χ1v) is 6.90. The molecule has 2 aromatic heterocycles. The van der Waals surface area contributed by atoms with Crippen molar-refractivity contribution in [3.8, 4) is 0 Å². The number of aromatic nitrogens is 4. The van der Waals surface area contributed by atoms with E-state index in [1.54, 1.807) is 0 Å². The summed E-state index contributed by atoms with van der Waals surface area (Å²) in [6.45, 7) is 8.15. The van der Waals surface area contributed by atoms with Crippen LogP contribution in [0, 0.1) is 6.92 Å². The van der Waals surface area contributed by atoms with E-state index in [9.17, 15) is 0 Å². The fourth-order valence-corrected chi connectivity index (χ4v) is 2.50. The van der Waals surface area contributed by atoms with Crippen LogP contribution in [0.3, 0.4) is 0 Å². The maximum atomic E-state index is 4.51. The number of hydrogen-bond donors (Lipinski definition) is 1. The number of likely N-dealkylation sites (N-methyl/N-ethyl adjacent to an activating group) is 1. The van der Waals surface area contributed by atoms with Gasteiger partial charge in [0.25, 0.3) is 0 Å². The molecule has 1 N–H and O–H groups in total. The van der Waals surface area contributed by atoms with E-state index in [1.807, 2.05) is 24.9 Å². The molecule has 1 unspecified atom stereocenters. The lowest BCUT2D eigenvalue weighted by atomic mass is 10.1. The van der Waals surface area contributed by atoms with Gasteiger partial charge in [0.2, 0.25) is 0 Å². The summed E-state index contributed by atoms with van der Waals surface area (Å²) in [4.78, 5) is 0. The molecule has 1 atom stereocenters. The van der Waals surface area contributed by atoms with Gasteiger partial charge in [-0.2, -0.15) is 10.2 Å². The van der Waals surface area contributed by atoms with Crippen LogP contribution in [0.15, 0.2) is 18.3 Å². The number of hydrogen-bond acceptors (Lipinski definition) is 3. The van der Waals surface area contributed by atoms with Crippen molar-refractivity contribution in [3.63, 3.8) is 0 Å². The highest BCUT2D eigenvalue weighted by Crippen LogP contribution is 2.18. The molecule has 0 aromatic carbocycles. The summed E-state index contributed by atoms with van der Waals surface area (Å²) >= 11 is 0. The SMILES string of the molecule is CCNC(Cc1cc(C)nn1CC)c1ccnn1C. The number of aryl methyl sites for hydroxylation is 3. The summed E-state index contributed by atoms with van der Waals surface area (Å²) in [6, 6.07) is 4.52. The van der Waals surface area contributed by atoms with Gasteiger partial charge in [0.1, 0.15) is 0 Å². The van der Waals surface area contributed by atoms with Gasteiger partial charge in [-0.3, -0.25) is 9.36 Å². The van der Waals surface area contributed by atoms with Gasteiger partial charge >= 0.3 is 0 Å². The third kappa shape index (κ3) is 3.04. The topological polar surface area (TPSA) is 47.7 Å². The van der Waals surface area contributed by atoms with Crippen LogP contribution in [0.25, 0.3) is 0 Å². The van der Waals surface area contributed by atoms with Crippen LogP contribution in [0.4, 0.5) is 0 Å². The Hall–Kier alpha value is -1.62. The first-order chi connectivity index (χ1) is 9.15. The van der Waals surface area contributed by atoms with Crippen molar-refractivity contribution in [2.24, 2.45) is 7.05 Å². The van der Waals surface area contributed by atoms with Crippen LogP contribution in [0.5, 0.6) is 0 Å². The first kappa shape index (κ1) is 13.8. The molecule has 0 fully saturated rings. The van der Waals surface area contributed by atoms with Crippen molar-refractivity contribution in [2.75, 3.05) is 6.54 Å². The second kappa shape index (κ2) is 6.02. The highest BCUT2D eigenvalue weighted by molar-refractivity contribution is 5.15. The minimum absolute atomic E-state index is 0.277. The molecule has 5 heteroatoms. The van der Waals surface area contributed by atoms with Crippen LogP contribution in [0.2, 0.25) is 0 Å². The molecule has 0 aliphatic heterocycles. The van der Waals surface area contributed by atoms with Crippen molar-refractivity contribution in [1.29, 1.82) is 0 Å². The minimum Gasteiger partial charge on any atom is -0.309 e. The Morgan fingerprint density at radius 2 is 2.16 bits per heavy atom. The molecular formula is C14H23N5. The molecule has 2 rings (SSSR count). The molecule has 0 saturated carbocycles. The molecule has 5 nitrogen and oxygen atoms in total. The van der Waals surface area contributed by atoms with E-state index in [0.717, 1.165) is 25.2 Å². The second-order valence-corrected chi connectivity index (χ2v) is 4.79. The standard InChI is InChI=1S/C14H23N5/c1-5-15-13(14-7-8-16-18(14)4)10-12-9-11(3)17-19(12)6-2/h7-9,13,15H,5-6,10H2,1-4H3. The lowest BCUT2D eigenvalue weighted by Gasteiger charge is -2.18. The van der Waals surface area contributed by atoms with Gasteiger partial charge in [-0.15, -0.1) is 0 Å². The highest BCUT2D eigenvalue weighted by Gasteiger charge is 2.17. The van der Waals surface area contributed by atoms with E-state index in [1.165, 1.54) is 11.4 Å².